The van der Waals surface area contributed by atoms with Crippen LogP contribution in [0.15, 0.2) is 54.6 Å². The first kappa shape index (κ1) is 43.2. The Labute approximate surface area is 288 Å². The molecule has 0 radical (unpaired) electrons. The minimum atomic E-state index is -4.92. The number of benzene rings is 3. The lowest BCUT2D eigenvalue weighted by Gasteiger charge is -2.31. The monoisotopic (exact) mass is 763 g/mol. The first-order valence-electron chi connectivity index (χ1n) is 14.6. The van der Waals surface area contributed by atoms with Gasteiger partial charge >= 0.3 is 18.5 Å². The molecule has 12 nitrogen and oxygen atoms in total. The van der Waals surface area contributed by atoms with Crippen LogP contribution >= 0.6 is 0 Å². The molecule has 0 unspecified atom stereocenters. The molecule has 2 fully saturated rings. The maximum absolute atomic E-state index is 13.0. The third kappa shape index (κ3) is 12.4. The fourth-order valence-corrected chi connectivity index (χ4v) is 4.65. The van der Waals surface area contributed by atoms with Crippen molar-refractivity contribution >= 4 is 28.4 Å². The minimum Gasteiger partial charge on any atom is -0.400 e. The number of halogens is 10. The van der Waals surface area contributed by atoms with Crippen molar-refractivity contribution in [1.82, 2.24) is 0 Å². The Morgan fingerprint density at radius 3 is 1.35 bits per heavy atom. The Balaban J connectivity index is 0.000000267. The van der Waals surface area contributed by atoms with Crippen LogP contribution in [0.2, 0.25) is 0 Å². The van der Waals surface area contributed by atoms with Gasteiger partial charge in [-0.25, -0.2) is 4.39 Å². The van der Waals surface area contributed by atoms with Crippen LogP contribution in [0.1, 0.15) is 16.7 Å². The van der Waals surface area contributed by atoms with Gasteiger partial charge in [0.05, 0.1) is 53.0 Å². The zero-order valence-electron chi connectivity index (χ0n) is 26.9. The van der Waals surface area contributed by atoms with E-state index in [9.17, 15) is 64.1 Å². The van der Waals surface area contributed by atoms with Crippen molar-refractivity contribution in [2.24, 2.45) is 0 Å². The third-order valence-corrected chi connectivity index (χ3v) is 6.99. The van der Waals surface area contributed by atoms with Crippen molar-refractivity contribution in [3.8, 4) is 0 Å². The highest BCUT2D eigenvalue weighted by Gasteiger charge is 2.38. The number of rotatable bonds is 4. The fourth-order valence-electron chi connectivity index (χ4n) is 4.65. The molecule has 0 amide bonds. The Kier molecular flexibility index (Phi) is 15.4. The molecule has 0 aromatic heterocycles. The molecule has 3 aromatic rings. The molecule has 5 rings (SSSR count). The van der Waals surface area contributed by atoms with E-state index in [-0.39, 0.29) is 23.1 Å². The van der Waals surface area contributed by atoms with Crippen LogP contribution in [-0.2, 0) is 28.0 Å². The maximum Gasteiger partial charge on any atom is 0.419 e. The van der Waals surface area contributed by atoms with Crippen molar-refractivity contribution in [3.05, 3.63) is 97.3 Å². The predicted molar refractivity (Wildman–Crippen MR) is 166 cm³/mol. The van der Waals surface area contributed by atoms with E-state index >= 15 is 0 Å². The molecule has 0 saturated carbocycles. The molecule has 22 heteroatoms. The lowest BCUT2D eigenvalue weighted by molar-refractivity contribution is -0.385. The summed E-state index contributed by atoms with van der Waals surface area (Å²) in [6.45, 7) is 3.17. The van der Waals surface area contributed by atoms with E-state index in [1.54, 1.807) is 4.90 Å². The van der Waals surface area contributed by atoms with E-state index in [1.165, 1.54) is 17.0 Å². The lowest BCUT2D eigenvalue weighted by Crippen LogP contribution is -2.37. The zero-order chi connectivity index (χ0) is 39.4. The molecule has 0 spiro atoms. The van der Waals surface area contributed by atoms with Crippen LogP contribution in [0, 0.1) is 26.0 Å². The van der Waals surface area contributed by atoms with Gasteiger partial charge in [-0.1, -0.05) is 0 Å². The number of anilines is 3. The topological polar surface area (TPSA) is 157 Å². The second-order valence-electron chi connectivity index (χ2n) is 10.3. The first-order chi connectivity index (χ1) is 24.2. The summed E-state index contributed by atoms with van der Waals surface area (Å²) in [4.78, 5) is 22.0. The third-order valence-electron chi connectivity index (χ3n) is 6.99. The number of aliphatic hydroxyl groups is 1. The number of nitro benzene ring substituents is 2. The number of aliphatic hydroxyl groups excluding tert-OH is 1. The fraction of sp³-hybridized carbons (Fsp3) is 0.400. The summed E-state index contributed by atoms with van der Waals surface area (Å²) >= 11 is 0. The number of nitrogen functional groups attached to an aromatic ring is 1. The Bertz CT molecular complexity index is 1640. The molecule has 2 heterocycles. The van der Waals surface area contributed by atoms with Gasteiger partial charge in [0, 0.05) is 74.6 Å². The quantitative estimate of drug-likeness (QED) is 0.124. The van der Waals surface area contributed by atoms with Gasteiger partial charge in [0.1, 0.15) is 5.82 Å². The number of morpholine rings is 2. The normalized spacial score (nSPS) is 14.8. The number of hydrogen-bond donors (Lipinski definition) is 2. The largest absolute Gasteiger partial charge is 0.419 e. The van der Waals surface area contributed by atoms with Crippen LogP contribution in [0.25, 0.3) is 0 Å². The summed E-state index contributed by atoms with van der Waals surface area (Å²) in [6.07, 6.45) is -13.9. The number of nitro groups is 2. The summed E-state index contributed by atoms with van der Waals surface area (Å²) in [5.41, 5.74) is 1.01. The van der Waals surface area contributed by atoms with E-state index in [0.29, 0.717) is 70.8 Å². The predicted octanol–water partition coefficient (Wildman–Crippen LogP) is 6.94. The lowest BCUT2D eigenvalue weighted by atomic mass is 10.1. The average Bonchev–Trinajstić information content (AvgIpc) is 3.09. The van der Waals surface area contributed by atoms with Crippen molar-refractivity contribution < 1.29 is 68.3 Å². The van der Waals surface area contributed by atoms with Crippen LogP contribution in [0.4, 0.5) is 72.3 Å². The molecular weight excluding hydrogens is 732 g/mol. The molecule has 2 aliphatic heterocycles. The SMILES string of the molecule is CO.Nc1ccc(N2CCOCC2)c(C(F)(F)F)c1.O=[N+]([O-])c1ccc(F)c(C(F)(F)F)c1.O=[N+]([O-])c1ccc(N2CCOCC2)c(C(F)(F)F)c1. The molecule has 2 saturated heterocycles. The van der Waals surface area contributed by atoms with Crippen molar-refractivity contribution in [2.75, 3.05) is 75.2 Å². The summed E-state index contributed by atoms with van der Waals surface area (Å²) in [5.74, 6) is -1.52. The van der Waals surface area contributed by atoms with Gasteiger partial charge in [-0.2, -0.15) is 39.5 Å². The molecule has 52 heavy (non-hydrogen) atoms. The highest BCUT2D eigenvalue weighted by Crippen LogP contribution is 2.40. The number of ether oxygens (including phenoxy) is 2. The summed E-state index contributed by atoms with van der Waals surface area (Å²) in [5, 5.41) is 27.7. The molecule has 288 valence electrons. The van der Waals surface area contributed by atoms with E-state index in [4.69, 9.17) is 20.3 Å². The average molecular weight is 764 g/mol. The highest BCUT2D eigenvalue weighted by molar-refractivity contribution is 5.61. The van der Waals surface area contributed by atoms with Gasteiger partial charge in [0.25, 0.3) is 11.4 Å². The zero-order valence-corrected chi connectivity index (χ0v) is 26.9. The van der Waals surface area contributed by atoms with Crippen molar-refractivity contribution in [1.29, 1.82) is 0 Å². The highest BCUT2D eigenvalue weighted by atomic mass is 19.4. The standard InChI is InChI=1S/C11H11F3N2O3.C11H13F3N2O.C7H3F4NO2.CH4O/c12-11(13,14)9-7-8(16(17)18)1-2-10(9)15-3-5-19-6-4-15;12-11(13,14)9-7-8(15)1-2-10(9)16-3-5-17-6-4-16;8-6-2-1-4(12(13)14)3-5(6)7(9,10)11;1-2/h1-2,7H,3-6H2;1-2,7H,3-6,15H2;1-3H;2H,1H3. The Hall–Kier alpha value is -4.96. The van der Waals surface area contributed by atoms with Crippen LogP contribution < -0.4 is 15.5 Å². The van der Waals surface area contributed by atoms with Gasteiger partial charge in [-0.05, 0) is 30.3 Å². The second kappa shape index (κ2) is 18.5. The Morgan fingerprint density at radius 2 is 0.962 bits per heavy atom. The van der Waals surface area contributed by atoms with E-state index in [0.717, 1.165) is 25.3 Å². The summed E-state index contributed by atoms with van der Waals surface area (Å²) in [6, 6.07) is 7.94. The Morgan fingerprint density at radius 1 is 0.615 bits per heavy atom. The maximum atomic E-state index is 13.0. The minimum absolute atomic E-state index is 0.0404. The molecule has 2 aliphatic rings. The number of non-ortho nitro benzene ring substituents is 2. The van der Waals surface area contributed by atoms with Crippen LogP contribution in [-0.4, -0.2) is 74.7 Å². The first-order valence-corrected chi connectivity index (χ1v) is 14.6. The van der Waals surface area contributed by atoms with E-state index < -0.39 is 62.3 Å². The summed E-state index contributed by atoms with van der Waals surface area (Å²) < 4.78 is 136. The molecule has 0 bridgehead atoms. The number of hydrogen-bond acceptors (Lipinski definition) is 10. The molecular formula is C30H31F10N5O7. The molecule has 0 aliphatic carbocycles. The summed E-state index contributed by atoms with van der Waals surface area (Å²) in [7, 11) is 1.00. The van der Waals surface area contributed by atoms with Gasteiger partial charge in [-0.3, -0.25) is 20.2 Å². The van der Waals surface area contributed by atoms with Gasteiger partial charge < -0.3 is 30.1 Å². The van der Waals surface area contributed by atoms with Gasteiger partial charge in [0.15, 0.2) is 0 Å². The second-order valence-corrected chi connectivity index (χ2v) is 10.3. The smallest absolute Gasteiger partial charge is 0.400 e. The molecule has 3 aromatic carbocycles. The van der Waals surface area contributed by atoms with Crippen LogP contribution in [0.3, 0.4) is 0 Å². The molecule has 0 atom stereocenters. The molecule has 3 N–H and O–H groups in total. The van der Waals surface area contributed by atoms with Gasteiger partial charge in [0.2, 0.25) is 0 Å². The number of nitrogens with two attached hydrogens (primary N) is 1. The van der Waals surface area contributed by atoms with E-state index in [1.807, 2.05) is 0 Å². The number of nitrogens with zero attached hydrogens (tertiary/aromatic N) is 4. The van der Waals surface area contributed by atoms with Crippen molar-refractivity contribution in [3.63, 3.8) is 0 Å². The van der Waals surface area contributed by atoms with Crippen molar-refractivity contribution in [2.45, 2.75) is 18.5 Å². The number of alkyl halides is 9. The van der Waals surface area contributed by atoms with Crippen LogP contribution in [0.5, 0.6) is 0 Å². The van der Waals surface area contributed by atoms with E-state index in [2.05, 4.69) is 0 Å². The van der Waals surface area contributed by atoms with Gasteiger partial charge in [-0.15, -0.1) is 0 Å².